The second-order valence-corrected chi connectivity index (χ2v) is 4.84. The molecule has 0 radical (unpaired) electrons. The van der Waals surface area contributed by atoms with Gasteiger partial charge in [-0.25, -0.2) is 0 Å². The molecule has 16 heavy (non-hydrogen) atoms. The lowest BCUT2D eigenvalue weighted by atomic mass is 10.2. The molecule has 8 heteroatoms. The van der Waals surface area contributed by atoms with E-state index in [9.17, 15) is 23.3 Å². The number of aryl methyl sites for hydroxylation is 1. The van der Waals surface area contributed by atoms with Crippen molar-refractivity contribution in [2.75, 3.05) is 0 Å². The summed E-state index contributed by atoms with van der Waals surface area (Å²) in [6.45, 7) is 1.57. The highest BCUT2D eigenvalue weighted by Gasteiger charge is 2.33. The van der Waals surface area contributed by atoms with Crippen LogP contribution >= 0.6 is 27.7 Å². The summed E-state index contributed by atoms with van der Waals surface area (Å²) in [5, 5.41) is 10.6. The Labute approximate surface area is 101 Å². The number of nitro benzene ring substituents is 1. The smallest absolute Gasteiger partial charge is 0.258 e. The monoisotopic (exact) mass is 315 g/mol. The Balaban J connectivity index is 3.25. The van der Waals surface area contributed by atoms with Gasteiger partial charge in [-0.05, 0) is 30.3 Å². The zero-order valence-corrected chi connectivity index (χ0v) is 10.2. The van der Waals surface area contributed by atoms with Gasteiger partial charge in [0.1, 0.15) is 0 Å². The summed E-state index contributed by atoms with van der Waals surface area (Å²) in [6.07, 6.45) is 0. The Hall–Kier alpha value is -0.760. The van der Waals surface area contributed by atoms with Gasteiger partial charge in [-0.2, -0.15) is 13.2 Å². The van der Waals surface area contributed by atoms with Crippen molar-refractivity contribution in [1.29, 1.82) is 0 Å². The highest BCUT2D eigenvalue weighted by atomic mass is 79.9. The summed E-state index contributed by atoms with van der Waals surface area (Å²) >= 11 is 2.54. The number of hydrogen-bond donors (Lipinski definition) is 0. The molecule has 0 N–H and O–H groups in total. The molecule has 0 bridgehead atoms. The van der Waals surface area contributed by atoms with E-state index < -0.39 is 32.8 Å². The Bertz CT molecular complexity index is 436. The van der Waals surface area contributed by atoms with Crippen molar-refractivity contribution < 1.29 is 18.1 Å². The molecule has 0 atom stereocenters. The molecular formula is C8H5BrF3NO2S. The van der Waals surface area contributed by atoms with Crippen LogP contribution in [-0.2, 0) is 0 Å². The maximum Gasteiger partial charge on any atom is 0.446 e. The van der Waals surface area contributed by atoms with Crippen molar-refractivity contribution in [1.82, 2.24) is 0 Å². The predicted octanol–water partition coefficient (Wildman–Crippen LogP) is 4.28. The molecule has 0 unspecified atom stereocenters. The summed E-state index contributed by atoms with van der Waals surface area (Å²) in [6, 6.07) is 2.21. The van der Waals surface area contributed by atoms with Crippen molar-refractivity contribution in [3.63, 3.8) is 0 Å². The molecule has 0 fully saturated rings. The van der Waals surface area contributed by atoms with E-state index in [1.807, 2.05) is 0 Å². The van der Waals surface area contributed by atoms with Crippen LogP contribution in [-0.4, -0.2) is 10.4 Å². The van der Waals surface area contributed by atoms with Gasteiger partial charge >= 0.3 is 5.51 Å². The lowest BCUT2D eigenvalue weighted by Crippen LogP contribution is -2.01. The highest BCUT2D eigenvalue weighted by Crippen LogP contribution is 2.42. The Morgan fingerprint density at radius 2 is 2.00 bits per heavy atom. The maximum atomic E-state index is 12.1. The molecule has 1 aromatic rings. The summed E-state index contributed by atoms with van der Waals surface area (Å²) in [5.41, 5.74) is -4.57. The van der Waals surface area contributed by atoms with Crippen LogP contribution in [0.2, 0.25) is 0 Å². The van der Waals surface area contributed by atoms with Gasteiger partial charge in [0.05, 0.1) is 9.82 Å². The van der Waals surface area contributed by atoms with Crippen LogP contribution in [0, 0.1) is 17.0 Å². The van der Waals surface area contributed by atoms with E-state index >= 15 is 0 Å². The van der Waals surface area contributed by atoms with E-state index in [2.05, 4.69) is 15.9 Å². The number of thioether (sulfide) groups is 1. The van der Waals surface area contributed by atoms with Crippen molar-refractivity contribution in [2.24, 2.45) is 0 Å². The highest BCUT2D eigenvalue weighted by molar-refractivity contribution is 9.10. The van der Waals surface area contributed by atoms with Crippen LogP contribution in [0.4, 0.5) is 18.9 Å². The zero-order chi connectivity index (χ0) is 12.5. The van der Waals surface area contributed by atoms with Crippen LogP contribution in [0.1, 0.15) is 5.56 Å². The molecule has 0 aromatic heterocycles. The normalized spacial score (nSPS) is 11.6. The topological polar surface area (TPSA) is 43.1 Å². The summed E-state index contributed by atoms with van der Waals surface area (Å²) in [4.78, 5) is 9.33. The fraction of sp³-hybridized carbons (Fsp3) is 0.250. The van der Waals surface area contributed by atoms with Gasteiger partial charge in [0.25, 0.3) is 5.69 Å². The summed E-state index contributed by atoms with van der Waals surface area (Å²) in [5.74, 6) is 0. The van der Waals surface area contributed by atoms with Gasteiger partial charge in [-0.1, -0.05) is 15.9 Å². The van der Waals surface area contributed by atoms with Crippen molar-refractivity contribution in [2.45, 2.75) is 17.3 Å². The number of alkyl halides is 3. The van der Waals surface area contributed by atoms with Gasteiger partial charge in [0, 0.05) is 10.5 Å². The lowest BCUT2D eigenvalue weighted by molar-refractivity contribution is -0.387. The number of nitrogens with zero attached hydrogens (tertiary/aromatic N) is 1. The molecule has 1 aromatic carbocycles. The molecule has 0 aliphatic heterocycles. The maximum absolute atomic E-state index is 12.1. The third kappa shape index (κ3) is 3.38. The molecular weight excluding hydrogens is 311 g/mol. The lowest BCUT2D eigenvalue weighted by Gasteiger charge is -2.07. The quantitative estimate of drug-likeness (QED) is 0.465. The van der Waals surface area contributed by atoms with E-state index in [4.69, 9.17) is 0 Å². The first-order chi connectivity index (χ1) is 7.20. The average molecular weight is 316 g/mol. The Kier molecular flexibility index (Phi) is 3.84. The minimum absolute atomic E-state index is 0.407. The molecule has 1 rings (SSSR count). The molecule has 0 saturated heterocycles. The molecule has 0 spiro atoms. The third-order valence-electron chi connectivity index (χ3n) is 1.66. The first kappa shape index (κ1) is 13.3. The zero-order valence-electron chi connectivity index (χ0n) is 7.84. The minimum atomic E-state index is -4.54. The van der Waals surface area contributed by atoms with Crippen LogP contribution in [0.15, 0.2) is 21.5 Å². The van der Waals surface area contributed by atoms with E-state index in [0.29, 0.717) is 10.0 Å². The van der Waals surface area contributed by atoms with Crippen LogP contribution in [0.25, 0.3) is 0 Å². The van der Waals surface area contributed by atoms with Crippen molar-refractivity contribution >= 4 is 33.4 Å². The molecule has 88 valence electrons. The van der Waals surface area contributed by atoms with E-state index in [-0.39, 0.29) is 0 Å². The van der Waals surface area contributed by atoms with Gasteiger partial charge in [-0.3, -0.25) is 10.1 Å². The second kappa shape index (κ2) is 4.62. The van der Waals surface area contributed by atoms with Gasteiger partial charge < -0.3 is 0 Å². The number of halogens is 4. The largest absolute Gasteiger partial charge is 0.446 e. The van der Waals surface area contributed by atoms with Crippen LogP contribution in [0.3, 0.4) is 0 Å². The molecule has 0 saturated carbocycles. The number of benzene rings is 1. The molecule has 0 aliphatic rings. The first-order valence-corrected chi connectivity index (χ1v) is 5.52. The summed E-state index contributed by atoms with van der Waals surface area (Å²) < 4.78 is 36.8. The average Bonchev–Trinajstić information content (AvgIpc) is 2.07. The van der Waals surface area contributed by atoms with Crippen LogP contribution < -0.4 is 0 Å². The van der Waals surface area contributed by atoms with Gasteiger partial charge in [0.2, 0.25) is 0 Å². The van der Waals surface area contributed by atoms with Gasteiger partial charge in [-0.15, -0.1) is 0 Å². The number of nitro groups is 1. The van der Waals surface area contributed by atoms with Crippen molar-refractivity contribution in [3.8, 4) is 0 Å². The van der Waals surface area contributed by atoms with Gasteiger partial charge in [0.15, 0.2) is 0 Å². The molecule has 0 aliphatic carbocycles. The Morgan fingerprint density at radius 1 is 1.44 bits per heavy atom. The first-order valence-electron chi connectivity index (χ1n) is 3.91. The van der Waals surface area contributed by atoms with Crippen LogP contribution in [0.5, 0.6) is 0 Å². The predicted molar refractivity (Wildman–Crippen MR) is 57.4 cm³/mol. The SMILES string of the molecule is Cc1cc([N+](=O)[O-])c(SC(F)(F)F)cc1Br. The minimum Gasteiger partial charge on any atom is -0.258 e. The fourth-order valence-corrected chi connectivity index (χ4v) is 2.16. The fourth-order valence-electron chi connectivity index (χ4n) is 0.997. The second-order valence-electron chi connectivity index (χ2n) is 2.87. The van der Waals surface area contributed by atoms with Crippen molar-refractivity contribution in [3.05, 3.63) is 32.3 Å². The summed E-state index contributed by atoms with van der Waals surface area (Å²) in [7, 11) is 0. The molecule has 0 heterocycles. The Morgan fingerprint density at radius 3 is 2.44 bits per heavy atom. The standard InChI is InChI=1S/C8H5BrF3NO2S/c1-4-2-6(13(14)15)7(3-5(4)9)16-8(10,11)12/h2-3H,1H3. The third-order valence-corrected chi connectivity index (χ3v) is 3.30. The molecule has 3 nitrogen and oxygen atoms in total. The van der Waals surface area contributed by atoms with E-state index in [1.54, 1.807) is 6.92 Å². The number of rotatable bonds is 2. The molecule has 0 amide bonds. The van der Waals surface area contributed by atoms with E-state index in [0.717, 1.165) is 12.1 Å². The number of hydrogen-bond acceptors (Lipinski definition) is 3. The van der Waals surface area contributed by atoms with E-state index in [1.165, 1.54) is 0 Å².